The smallest absolute Gasteiger partial charge is 0.124 e. The van der Waals surface area contributed by atoms with Crippen molar-refractivity contribution in [2.75, 3.05) is 6.61 Å². The molecule has 0 atom stereocenters. The second-order valence-corrected chi connectivity index (χ2v) is 5.54. The Labute approximate surface area is 130 Å². The molecule has 1 nitrogen and oxygen atoms in total. The van der Waals surface area contributed by atoms with E-state index in [1.165, 1.54) is 17.7 Å². The second-order valence-electron chi connectivity index (χ2n) is 5.28. The van der Waals surface area contributed by atoms with Crippen LogP contribution in [0.2, 0.25) is 0 Å². The normalized spacial score (nSPS) is 11.0. The monoisotopic (exact) mass is 306 g/mol. The van der Waals surface area contributed by atoms with Crippen molar-refractivity contribution >= 4 is 11.6 Å². The van der Waals surface area contributed by atoms with Crippen molar-refractivity contribution in [3.05, 3.63) is 53.3 Å². The summed E-state index contributed by atoms with van der Waals surface area (Å²) in [4.78, 5) is 0. The predicted octanol–water partition coefficient (Wildman–Crippen LogP) is 5.75. The Kier molecular flexibility index (Phi) is 5.24. The summed E-state index contributed by atoms with van der Waals surface area (Å²) in [6.07, 6.45) is 0. The molecule has 0 amide bonds. The molecule has 0 radical (unpaired) electrons. The van der Waals surface area contributed by atoms with Crippen LogP contribution in [0.1, 0.15) is 37.8 Å². The minimum Gasteiger partial charge on any atom is -0.494 e. The maximum Gasteiger partial charge on any atom is 0.124 e. The van der Waals surface area contributed by atoms with Crippen molar-refractivity contribution in [1.29, 1.82) is 0 Å². The highest BCUT2D eigenvalue weighted by atomic mass is 35.5. The van der Waals surface area contributed by atoms with E-state index in [0.717, 1.165) is 22.4 Å². The number of alkyl halides is 1. The fourth-order valence-corrected chi connectivity index (χ4v) is 2.60. The Morgan fingerprint density at radius 3 is 2.33 bits per heavy atom. The Morgan fingerprint density at radius 1 is 1.14 bits per heavy atom. The molecular formula is C18H20ClFO. The molecule has 0 aliphatic carbocycles. The van der Waals surface area contributed by atoms with Gasteiger partial charge in [-0.25, -0.2) is 4.39 Å². The Bertz CT molecular complexity index is 605. The highest BCUT2D eigenvalue weighted by Gasteiger charge is 2.14. The lowest BCUT2D eigenvalue weighted by Gasteiger charge is -2.18. The van der Waals surface area contributed by atoms with Crippen molar-refractivity contribution in [1.82, 2.24) is 0 Å². The zero-order valence-corrected chi connectivity index (χ0v) is 13.4. The van der Waals surface area contributed by atoms with E-state index >= 15 is 0 Å². The number of ether oxygens (including phenoxy) is 1. The van der Waals surface area contributed by atoms with Crippen molar-refractivity contribution in [2.45, 2.75) is 32.6 Å². The van der Waals surface area contributed by atoms with Crippen molar-refractivity contribution in [2.24, 2.45) is 0 Å². The van der Waals surface area contributed by atoms with Crippen LogP contribution < -0.4 is 4.74 Å². The molecule has 0 N–H and O–H groups in total. The molecule has 0 aromatic heterocycles. The van der Waals surface area contributed by atoms with E-state index < -0.39 is 0 Å². The first-order valence-corrected chi connectivity index (χ1v) is 7.71. The van der Waals surface area contributed by atoms with Gasteiger partial charge in [0.2, 0.25) is 0 Å². The van der Waals surface area contributed by atoms with Gasteiger partial charge in [-0.05, 0) is 47.7 Å². The predicted molar refractivity (Wildman–Crippen MR) is 86.7 cm³/mol. The van der Waals surface area contributed by atoms with Gasteiger partial charge in [0.05, 0.1) is 12.5 Å². The number of hydrogen-bond acceptors (Lipinski definition) is 1. The summed E-state index contributed by atoms with van der Waals surface area (Å²) in [6, 6.07) is 10.7. The molecule has 2 rings (SSSR count). The van der Waals surface area contributed by atoms with Gasteiger partial charge in [0.25, 0.3) is 0 Å². The molecule has 0 unspecified atom stereocenters. The number of halogens is 2. The van der Waals surface area contributed by atoms with Crippen molar-refractivity contribution < 1.29 is 9.13 Å². The molecule has 0 heterocycles. The molecule has 0 saturated heterocycles. The molecule has 0 aliphatic heterocycles. The second kappa shape index (κ2) is 6.95. The van der Waals surface area contributed by atoms with Gasteiger partial charge in [0, 0.05) is 5.56 Å². The van der Waals surface area contributed by atoms with Gasteiger partial charge in [-0.15, -0.1) is 11.6 Å². The molecular weight excluding hydrogens is 287 g/mol. The van der Waals surface area contributed by atoms with E-state index in [1.54, 1.807) is 12.1 Å². The van der Waals surface area contributed by atoms with Crippen LogP contribution in [0, 0.1) is 5.82 Å². The van der Waals surface area contributed by atoms with E-state index in [0.29, 0.717) is 18.4 Å². The van der Waals surface area contributed by atoms with E-state index in [4.69, 9.17) is 16.3 Å². The van der Waals surface area contributed by atoms with E-state index in [-0.39, 0.29) is 5.82 Å². The standard InChI is InChI=1S/C18H20ClFO/c1-4-21-18-10-17(13-5-7-15(20)8-6-13)16(12(2)3)9-14(18)11-19/h5-10,12H,4,11H2,1-3H3. The van der Waals surface area contributed by atoms with Crippen molar-refractivity contribution in [3.8, 4) is 16.9 Å². The van der Waals surface area contributed by atoms with Crippen LogP contribution in [-0.4, -0.2) is 6.61 Å². The average Bonchev–Trinajstić information content (AvgIpc) is 2.47. The molecule has 0 bridgehead atoms. The summed E-state index contributed by atoms with van der Waals surface area (Å²) in [5, 5.41) is 0. The largest absolute Gasteiger partial charge is 0.494 e. The quantitative estimate of drug-likeness (QED) is 0.639. The van der Waals surface area contributed by atoms with Gasteiger partial charge in [-0.1, -0.05) is 32.0 Å². The van der Waals surface area contributed by atoms with Crippen LogP contribution in [0.4, 0.5) is 4.39 Å². The summed E-state index contributed by atoms with van der Waals surface area (Å²) < 4.78 is 18.8. The van der Waals surface area contributed by atoms with Crippen LogP contribution in [0.15, 0.2) is 36.4 Å². The minimum atomic E-state index is -0.229. The lowest BCUT2D eigenvalue weighted by atomic mass is 9.90. The SMILES string of the molecule is CCOc1cc(-c2ccc(F)cc2)c(C(C)C)cc1CCl. The zero-order chi connectivity index (χ0) is 15.4. The van der Waals surface area contributed by atoms with E-state index in [2.05, 4.69) is 19.9 Å². The fourth-order valence-electron chi connectivity index (χ4n) is 2.40. The Morgan fingerprint density at radius 2 is 1.81 bits per heavy atom. The van der Waals surface area contributed by atoms with Gasteiger partial charge in [0.1, 0.15) is 11.6 Å². The summed E-state index contributed by atoms with van der Waals surface area (Å²) in [5.74, 6) is 1.34. The van der Waals surface area contributed by atoms with Gasteiger partial charge >= 0.3 is 0 Å². The lowest BCUT2D eigenvalue weighted by molar-refractivity contribution is 0.337. The third-order valence-electron chi connectivity index (χ3n) is 3.45. The summed E-state index contributed by atoms with van der Waals surface area (Å²) in [6.45, 7) is 6.82. The molecule has 2 aromatic rings. The molecule has 0 spiro atoms. The van der Waals surface area contributed by atoms with E-state index in [9.17, 15) is 4.39 Å². The van der Waals surface area contributed by atoms with Gasteiger partial charge in [0.15, 0.2) is 0 Å². The third-order valence-corrected chi connectivity index (χ3v) is 3.74. The van der Waals surface area contributed by atoms with Gasteiger partial charge < -0.3 is 4.74 Å². The molecule has 112 valence electrons. The molecule has 0 fully saturated rings. The first-order valence-electron chi connectivity index (χ1n) is 7.18. The third kappa shape index (κ3) is 3.56. The van der Waals surface area contributed by atoms with Crippen LogP contribution in [0.5, 0.6) is 5.75 Å². The Hall–Kier alpha value is -1.54. The fraction of sp³-hybridized carbons (Fsp3) is 0.333. The summed E-state index contributed by atoms with van der Waals surface area (Å²) in [5.41, 5.74) is 4.25. The maximum absolute atomic E-state index is 13.1. The number of hydrogen-bond donors (Lipinski definition) is 0. The highest BCUT2D eigenvalue weighted by Crippen LogP contribution is 2.36. The lowest BCUT2D eigenvalue weighted by Crippen LogP contribution is -2.00. The first-order chi connectivity index (χ1) is 10.1. The molecule has 0 aliphatic rings. The van der Waals surface area contributed by atoms with Gasteiger partial charge in [-0.2, -0.15) is 0 Å². The molecule has 0 saturated carbocycles. The number of rotatable bonds is 5. The molecule has 2 aromatic carbocycles. The van der Waals surface area contributed by atoms with Crippen LogP contribution >= 0.6 is 11.6 Å². The van der Waals surface area contributed by atoms with Crippen molar-refractivity contribution in [3.63, 3.8) is 0 Å². The van der Waals surface area contributed by atoms with Gasteiger partial charge in [-0.3, -0.25) is 0 Å². The topological polar surface area (TPSA) is 9.23 Å². The average molecular weight is 307 g/mol. The van der Waals surface area contributed by atoms with Crippen LogP contribution in [0.3, 0.4) is 0 Å². The van der Waals surface area contributed by atoms with E-state index in [1.807, 2.05) is 13.0 Å². The molecule has 3 heteroatoms. The first kappa shape index (κ1) is 15.8. The maximum atomic E-state index is 13.1. The highest BCUT2D eigenvalue weighted by molar-refractivity contribution is 6.17. The van der Waals surface area contributed by atoms with Crippen LogP contribution in [-0.2, 0) is 5.88 Å². The Balaban J connectivity index is 2.61. The van der Waals surface area contributed by atoms with Crippen LogP contribution in [0.25, 0.3) is 11.1 Å². The summed E-state index contributed by atoms with van der Waals surface area (Å²) >= 11 is 6.03. The zero-order valence-electron chi connectivity index (χ0n) is 12.6. The number of benzene rings is 2. The minimum absolute atomic E-state index is 0.229. The summed E-state index contributed by atoms with van der Waals surface area (Å²) in [7, 11) is 0. The molecule has 21 heavy (non-hydrogen) atoms.